The van der Waals surface area contributed by atoms with Gasteiger partial charge in [0.1, 0.15) is 17.6 Å². The highest BCUT2D eigenvalue weighted by Crippen LogP contribution is 2.32. The van der Waals surface area contributed by atoms with Crippen molar-refractivity contribution in [2.75, 3.05) is 0 Å². The quantitative estimate of drug-likeness (QED) is 0.671. The number of ketones is 4. The maximum Gasteiger partial charge on any atom is 0.214 e. The maximum absolute atomic E-state index is 12.4. The van der Waals surface area contributed by atoms with Gasteiger partial charge in [0.25, 0.3) is 0 Å². The molecule has 0 unspecified atom stereocenters. The van der Waals surface area contributed by atoms with E-state index in [1.54, 1.807) is 30.3 Å². The zero-order chi connectivity index (χ0) is 16.6. The summed E-state index contributed by atoms with van der Waals surface area (Å²) in [5.74, 6) is -6.36. The van der Waals surface area contributed by atoms with Crippen LogP contribution in [0, 0.1) is 0 Å². The number of carbonyl (C=O) groups is 4. The largest absolute Gasteiger partial charge is 0.508 e. The van der Waals surface area contributed by atoms with E-state index in [0.29, 0.717) is 5.56 Å². The van der Waals surface area contributed by atoms with Crippen LogP contribution in [-0.2, 0) is 19.2 Å². The second kappa shape index (κ2) is 5.61. The fourth-order valence-electron chi connectivity index (χ4n) is 2.72. The van der Waals surface area contributed by atoms with Gasteiger partial charge in [-0.05, 0) is 23.3 Å². The zero-order valence-corrected chi connectivity index (χ0v) is 11.9. The molecule has 3 rings (SSSR count). The summed E-state index contributed by atoms with van der Waals surface area (Å²) >= 11 is 0. The first-order chi connectivity index (χ1) is 11.0. The molecule has 0 heterocycles. The number of hydrogen-bond donors (Lipinski definition) is 1. The van der Waals surface area contributed by atoms with E-state index in [1.807, 2.05) is 0 Å². The minimum Gasteiger partial charge on any atom is -0.508 e. The van der Waals surface area contributed by atoms with Crippen molar-refractivity contribution in [3.05, 3.63) is 65.7 Å². The minimum atomic E-state index is -1.42. The Morgan fingerprint density at radius 3 is 1.39 bits per heavy atom. The van der Waals surface area contributed by atoms with Crippen LogP contribution in [0.5, 0.6) is 5.75 Å². The van der Waals surface area contributed by atoms with Crippen molar-refractivity contribution in [1.82, 2.24) is 0 Å². The molecule has 5 heteroatoms. The normalized spacial score (nSPS) is 21.6. The Morgan fingerprint density at radius 2 is 0.957 bits per heavy atom. The summed E-state index contributed by atoms with van der Waals surface area (Å²) in [6.07, 6.45) is 0. The van der Waals surface area contributed by atoms with Gasteiger partial charge in [-0.15, -0.1) is 0 Å². The summed E-state index contributed by atoms with van der Waals surface area (Å²) in [6, 6.07) is 13.4. The van der Waals surface area contributed by atoms with Crippen LogP contribution in [0.25, 0.3) is 0 Å². The number of benzene rings is 2. The molecule has 0 radical (unpaired) electrons. The molecule has 1 aliphatic carbocycles. The highest BCUT2D eigenvalue weighted by Gasteiger charge is 2.49. The highest BCUT2D eigenvalue weighted by atomic mass is 16.3. The Hall–Kier alpha value is -3.08. The maximum atomic E-state index is 12.4. The van der Waals surface area contributed by atoms with Gasteiger partial charge < -0.3 is 5.11 Å². The third kappa shape index (κ3) is 2.46. The van der Waals surface area contributed by atoms with Crippen LogP contribution < -0.4 is 0 Å². The predicted molar refractivity (Wildman–Crippen MR) is 80.1 cm³/mol. The number of phenols is 1. The number of rotatable bonds is 2. The highest BCUT2D eigenvalue weighted by molar-refractivity contribution is 6.63. The number of Topliss-reactive ketones (excluding diaryl/α,β-unsaturated/α-hetero) is 4. The summed E-state index contributed by atoms with van der Waals surface area (Å²) in [6.45, 7) is 0. The first-order valence-electron chi connectivity index (χ1n) is 7.00. The van der Waals surface area contributed by atoms with Crippen molar-refractivity contribution < 1.29 is 24.3 Å². The first kappa shape index (κ1) is 14.8. The molecule has 2 aromatic rings. The predicted octanol–water partition coefficient (Wildman–Crippen LogP) is 1.55. The van der Waals surface area contributed by atoms with Gasteiger partial charge in [-0.1, -0.05) is 42.5 Å². The van der Waals surface area contributed by atoms with Gasteiger partial charge >= 0.3 is 0 Å². The Balaban J connectivity index is 2.02. The molecule has 1 aliphatic rings. The van der Waals surface area contributed by atoms with E-state index < -0.39 is 35.0 Å². The second-order valence-corrected chi connectivity index (χ2v) is 5.33. The van der Waals surface area contributed by atoms with Crippen LogP contribution in [0.4, 0.5) is 0 Å². The summed E-state index contributed by atoms with van der Waals surface area (Å²) in [5, 5.41) is 9.28. The summed E-state index contributed by atoms with van der Waals surface area (Å²) < 4.78 is 0. The van der Waals surface area contributed by atoms with Gasteiger partial charge in [-0.3, -0.25) is 19.2 Å². The lowest BCUT2D eigenvalue weighted by Gasteiger charge is -2.24. The molecule has 1 saturated carbocycles. The topological polar surface area (TPSA) is 88.5 Å². The zero-order valence-electron chi connectivity index (χ0n) is 11.9. The summed E-state index contributed by atoms with van der Waals surface area (Å²) in [5.41, 5.74) is 0.569. The lowest BCUT2D eigenvalue weighted by molar-refractivity contribution is -0.151. The van der Waals surface area contributed by atoms with E-state index in [9.17, 15) is 24.3 Å². The number of hydrogen-bond acceptors (Lipinski definition) is 5. The van der Waals surface area contributed by atoms with Gasteiger partial charge in [0.05, 0.1) is 0 Å². The number of carbonyl (C=O) groups excluding carboxylic acids is 4. The van der Waals surface area contributed by atoms with Crippen LogP contribution >= 0.6 is 0 Å². The van der Waals surface area contributed by atoms with E-state index in [0.717, 1.165) is 0 Å². The van der Waals surface area contributed by atoms with Crippen molar-refractivity contribution in [2.45, 2.75) is 11.8 Å². The van der Waals surface area contributed by atoms with E-state index in [2.05, 4.69) is 0 Å². The smallest absolute Gasteiger partial charge is 0.214 e. The van der Waals surface area contributed by atoms with Crippen LogP contribution in [-0.4, -0.2) is 28.2 Å². The molecule has 0 atom stereocenters. The third-order valence-electron chi connectivity index (χ3n) is 3.89. The van der Waals surface area contributed by atoms with Crippen molar-refractivity contribution in [2.24, 2.45) is 0 Å². The van der Waals surface area contributed by atoms with Crippen LogP contribution in [0.2, 0.25) is 0 Å². The van der Waals surface area contributed by atoms with Crippen molar-refractivity contribution in [3.8, 4) is 5.75 Å². The van der Waals surface area contributed by atoms with Crippen LogP contribution in [0.3, 0.4) is 0 Å². The molecule has 0 amide bonds. The van der Waals surface area contributed by atoms with Gasteiger partial charge in [0, 0.05) is 0 Å². The minimum absolute atomic E-state index is 0.0377. The van der Waals surface area contributed by atoms with Crippen molar-refractivity contribution in [1.29, 1.82) is 0 Å². The average Bonchev–Trinajstić information content (AvgIpc) is 2.56. The van der Waals surface area contributed by atoms with Gasteiger partial charge in [0.2, 0.25) is 23.1 Å². The van der Waals surface area contributed by atoms with Gasteiger partial charge in [-0.2, -0.15) is 0 Å². The Labute approximate surface area is 131 Å². The molecule has 0 aliphatic heterocycles. The molecular weight excluding hydrogens is 296 g/mol. The fourth-order valence-corrected chi connectivity index (χ4v) is 2.72. The number of phenolic OH excluding ortho intramolecular Hbond substituents is 1. The molecule has 2 aromatic carbocycles. The van der Waals surface area contributed by atoms with Crippen LogP contribution in [0.1, 0.15) is 23.0 Å². The SMILES string of the molecule is O=C1C(=O)C(c2ccc(O)cc2)C(=O)C(=O)C1c1ccccc1. The lowest BCUT2D eigenvalue weighted by Crippen LogP contribution is -2.46. The van der Waals surface area contributed by atoms with E-state index in [-0.39, 0.29) is 11.3 Å². The lowest BCUT2D eigenvalue weighted by atomic mass is 9.72. The Kier molecular flexibility index (Phi) is 3.62. The Morgan fingerprint density at radius 1 is 0.565 bits per heavy atom. The monoisotopic (exact) mass is 308 g/mol. The Bertz CT molecular complexity index is 777. The van der Waals surface area contributed by atoms with E-state index in [4.69, 9.17) is 0 Å². The van der Waals surface area contributed by atoms with Crippen LogP contribution in [0.15, 0.2) is 54.6 Å². The van der Waals surface area contributed by atoms with Gasteiger partial charge in [-0.25, -0.2) is 0 Å². The van der Waals surface area contributed by atoms with E-state index >= 15 is 0 Å². The van der Waals surface area contributed by atoms with E-state index in [1.165, 1.54) is 24.3 Å². The molecule has 0 spiro atoms. The average molecular weight is 308 g/mol. The van der Waals surface area contributed by atoms with Crippen molar-refractivity contribution >= 4 is 23.1 Å². The second-order valence-electron chi connectivity index (χ2n) is 5.33. The van der Waals surface area contributed by atoms with Gasteiger partial charge in [0.15, 0.2) is 0 Å². The summed E-state index contributed by atoms with van der Waals surface area (Å²) in [7, 11) is 0. The standard InChI is InChI=1S/C18H12O5/c19-12-8-6-11(7-9-12)14-17(22)15(20)13(16(21)18(14)23)10-4-2-1-3-5-10/h1-9,13-14,19H. The molecular formula is C18H12O5. The molecule has 0 saturated heterocycles. The summed E-state index contributed by atoms with van der Waals surface area (Å²) in [4.78, 5) is 49.5. The number of aromatic hydroxyl groups is 1. The third-order valence-corrected chi connectivity index (χ3v) is 3.89. The molecule has 114 valence electrons. The first-order valence-corrected chi connectivity index (χ1v) is 7.00. The molecule has 23 heavy (non-hydrogen) atoms. The van der Waals surface area contributed by atoms with Crippen molar-refractivity contribution in [3.63, 3.8) is 0 Å². The fraction of sp³-hybridized carbons (Fsp3) is 0.111. The molecule has 1 N–H and O–H groups in total. The molecule has 0 bridgehead atoms. The molecule has 1 fully saturated rings. The molecule has 0 aromatic heterocycles. The molecule has 5 nitrogen and oxygen atoms in total.